The van der Waals surface area contributed by atoms with E-state index in [2.05, 4.69) is 9.73 Å². The quantitative estimate of drug-likeness (QED) is 0.396. The van der Waals surface area contributed by atoms with Crippen molar-refractivity contribution in [2.75, 3.05) is 19.1 Å². The number of halogens is 3. The number of hydrogen-bond donors (Lipinski definition) is 0. The summed E-state index contributed by atoms with van der Waals surface area (Å²) in [4.78, 5) is 41.3. The largest absolute Gasteiger partial charge is 0.466 e. The van der Waals surface area contributed by atoms with Gasteiger partial charge < -0.3 is 14.4 Å². The molecular formula is C19H18F3N3O6. The van der Waals surface area contributed by atoms with Crippen LogP contribution in [0.1, 0.15) is 26.3 Å². The SMILES string of the molecule is COC(=O)C1=C(C(F)(F)F)C(=NC(C)(C)C)OC12C(=O)N(C)c1ccc([N+](=O)[O-])cc12. The van der Waals surface area contributed by atoms with E-state index in [1.165, 1.54) is 33.9 Å². The molecule has 1 aromatic carbocycles. The van der Waals surface area contributed by atoms with Gasteiger partial charge in [-0.15, -0.1) is 0 Å². The van der Waals surface area contributed by atoms with Gasteiger partial charge in [-0.2, -0.15) is 13.2 Å². The molecule has 1 unspecified atom stereocenters. The monoisotopic (exact) mass is 441 g/mol. The van der Waals surface area contributed by atoms with Crippen LogP contribution in [0.2, 0.25) is 0 Å². The number of ether oxygens (including phenoxy) is 2. The number of amides is 1. The number of benzene rings is 1. The van der Waals surface area contributed by atoms with Gasteiger partial charge in [0.05, 0.1) is 23.3 Å². The molecule has 0 saturated heterocycles. The van der Waals surface area contributed by atoms with Crippen molar-refractivity contribution >= 4 is 29.1 Å². The second-order valence-electron chi connectivity index (χ2n) is 7.93. The molecule has 1 atom stereocenters. The smallest absolute Gasteiger partial charge is 0.422 e. The summed E-state index contributed by atoms with van der Waals surface area (Å²) in [5, 5.41) is 11.3. The fourth-order valence-electron chi connectivity index (χ4n) is 3.54. The van der Waals surface area contributed by atoms with Crippen LogP contribution in [0, 0.1) is 10.1 Å². The summed E-state index contributed by atoms with van der Waals surface area (Å²) in [5.41, 5.74) is -7.11. The fraction of sp³-hybridized carbons (Fsp3) is 0.421. The molecule has 31 heavy (non-hydrogen) atoms. The highest BCUT2D eigenvalue weighted by atomic mass is 19.4. The predicted molar refractivity (Wildman–Crippen MR) is 102 cm³/mol. The number of nitro groups is 1. The van der Waals surface area contributed by atoms with Crippen LogP contribution < -0.4 is 4.90 Å². The minimum atomic E-state index is -5.14. The van der Waals surface area contributed by atoms with Crippen LogP contribution in [0.15, 0.2) is 34.3 Å². The van der Waals surface area contributed by atoms with E-state index in [9.17, 15) is 32.9 Å². The van der Waals surface area contributed by atoms with Crippen LogP contribution in [0.3, 0.4) is 0 Å². The maximum atomic E-state index is 14.1. The molecular weight excluding hydrogens is 423 g/mol. The first-order valence-electron chi connectivity index (χ1n) is 8.91. The Morgan fingerprint density at radius 2 is 1.90 bits per heavy atom. The molecule has 9 nitrogen and oxygen atoms in total. The summed E-state index contributed by atoms with van der Waals surface area (Å²) in [6.07, 6.45) is -5.14. The normalized spacial score (nSPS) is 22.3. The molecule has 0 fully saturated rings. The number of nitro benzene ring substituents is 1. The van der Waals surface area contributed by atoms with Crippen LogP contribution in [0.5, 0.6) is 0 Å². The van der Waals surface area contributed by atoms with Gasteiger partial charge in [0.25, 0.3) is 11.6 Å². The van der Waals surface area contributed by atoms with E-state index in [1.54, 1.807) is 0 Å². The van der Waals surface area contributed by atoms with Crippen molar-refractivity contribution in [3.8, 4) is 0 Å². The molecule has 1 spiro atoms. The molecule has 1 amide bonds. The van der Waals surface area contributed by atoms with Crippen molar-refractivity contribution in [3.05, 3.63) is 45.0 Å². The van der Waals surface area contributed by atoms with Crippen LogP contribution in [0.25, 0.3) is 0 Å². The maximum Gasteiger partial charge on any atom is 0.422 e. The minimum absolute atomic E-state index is 0.0514. The highest BCUT2D eigenvalue weighted by Crippen LogP contribution is 2.55. The van der Waals surface area contributed by atoms with Gasteiger partial charge in [0, 0.05) is 24.7 Å². The van der Waals surface area contributed by atoms with Gasteiger partial charge in [-0.1, -0.05) is 0 Å². The molecule has 0 bridgehead atoms. The summed E-state index contributed by atoms with van der Waals surface area (Å²) >= 11 is 0. The number of carbonyl (C=O) groups excluding carboxylic acids is 2. The van der Waals surface area contributed by atoms with Gasteiger partial charge in [0.1, 0.15) is 11.1 Å². The number of nitrogens with zero attached hydrogens (tertiary/aromatic N) is 3. The lowest BCUT2D eigenvalue weighted by Crippen LogP contribution is -2.43. The van der Waals surface area contributed by atoms with Gasteiger partial charge >= 0.3 is 12.1 Å². The Hall–Kier alpha value is -3.44. The first kappa shape index (κ1) is 22.2. The van der Waals surface area contributed by atoms with Crippen molar-refractivity contribution in [1.29, 1.82) is 0 Å². The number of alkyl halides is 3. The molecule has 2 aliphatic rings. The van der Waals surface area contributed by atoms with Crippen LogP contribution in [-0.4, -0.2) is 48.6 Å². The second kappa shape index (κ2) is 6.79. The number of non-ortho nitro benzene ring substituents is 1. The fourth-order valence-corrected chi connectivity index (χ4v) is 3.54. The lowest BCUT2D eigenvalue weighted by Gasteiger charge is -2.25. The Kier molecular flexibility index (Phi) is 4.87. The van der Waals surface area contributed by atoms with E-state index >= 15 is 0 Å². The molecule has 3 rings (SSSR count). The minimum Gasteiger partial charge on any atom is -0.466 e. The number of aliphatic imine (C=N–C) groups is 1. The van der Waals surface area contributed by atoms with Gasteiger partial charge in [0.2, 0.25) is 11.5 Å². The summed E-state index contributed by atoms with van der Waals surface area (Å²) in [5.74, 6) is -3.47. The summed E-state index contributed by atoms with van der Waals surface area (Å²) in [6, 6.07) is 3.20. The Bertz CT molecular complexity index is 1070. The molecule has 12 heteroatoms. The van der Waals surface area contributed by atoms with Crippen molar-refractivity contribution in [2.24, 2.45) is 4.99 Å². The van der Waals surface area contributed by atoms with Crippen molar-refractivity contribution in [2.45, 2.75) is 38.1 Å². The standard InChI is InChI=1S/C19H18F3N3O6/c1-17(2,3)23-14-12(19(20,21)22)13(15(26)30-5)18(31-14)10-8-9(25(28)29)6-7-11(10)24(4)16(18)27/h6-8H,1-5H3. The third-order valence-electron chi connectivity index (χ3n) is 4.71. The van der Waals surface area contributed by atoms with Gasteiger partial charge in [-0.05, 0) is 26.8 Å². The van der Waals surface area contributed by atoms with Crippen LogP contribution in [-0.2, 0) is 24.7 Å². The van der Waals surface area contributed by atoms with Crippen molar-refractivity contribution in [1.82, 2.24) is 0 Å². The van der Waals surface area contributed by atoms with Crippen molar-refractivity contribution in [3.63, 3.8) is 0 Å². The molecule has 0 saturated carbocycles. The second-order valence-corrected chi connectivity index (χ2v) is 7.93. The lowest BCUT2D eigenvalue weighted by atomic mass is 9.85. The number of likely N-dealkylation sites (N-methyl/N-ethyl adjacent to an activating group) is 1. The van der Waals surface area contributed by atoms with Gasteiger partial charge in [-0.3, -0.25) is 14.9 Å². The average molecular weight is 441 g/mol. The van der Waals surface area contributed by atoms with Gasteiger partial charge in [0.15, 0.2) is 0 Å². The molecule has 2 aliphatic heterocycles. The number of rotatable bonds is 2. The molecule has 0 aliphatic carbocycles. The van der Waals surface area contributed by atoms with E-state index in [0.29, 0.717) is 0 Å². The Balaban J connectivity index is 2.48. The summed E-state index contributed by atoms with van der Waals surface area (Å²) < 4.78 is 52.5. The Labute approximate surface area is 174 Å². The van der Waals surface area contributed by atoms with E-state index < -0.39 is 56.8 Å². The topological polar surface area (TPSA) is 111 Å². The number of methoxy groups -OCH3 is 1. The number of hydrogen-bond acceptors (Lipinski definition) is 7. The molecule has 0 aromatic heterocycles. The third kappa shape index (κ3) is 3.31. The predicted octanol–water partition coefficient (Wildman–Crippen LogP) is 3.03. The highest BCUT2D eigenvalue weighted by molar-refractivity contribution is 6.21. The third-order valence-corrected chi connectivity index (χ3v) is 4.71. The number of fused-ring (bicyclic) bond motifs is 2. The van der Waals surface area contributed by atoms with E-state index in [1.807, 2.05) is 0 Å². The van der Waals surface area contributed by atoms with E-state index in [0.717, 1.165) is 24.1 Å². The first-order chi connectivity index (χ1) is 14.1. The molecule has 1 aromatic rings. The van der Waals surface area contributed by atoms with E-state index in [-0.39, 0.29) is 11.3 Å². The first-order valence-corrected chi connectivity index (χ1v) is 8.91. The Morgan fingerprint density at radius 1 is 1.29 bits per heavy atom. The van der Waals surface area contributed by atoms with Crippen LogP contribution >= 0.6 is 0 Å². The number of esters is 1. The highest BCUT2D eigenvalue weighted by Gasteiger charge is 2.66. The zero-order valence-electron chi connectivity index (χ0n) is 17.2. The Morgan fingerprint density at radius 3 is 2.39 bits per heavy atom. The number of carbonyl (C=O) groups is 2. The molecule has 2 heterocycles. The average Bonchev–Trinajstić information content (AvgIpc) is 3.08. The summed E-state index contributed by atoms with van der Waals surface area (Å²) in [6.45, 7) is 4.50. The molecule has 0 N–H and O–H groups in total. The van der Waals surface area contributed by atoms with Gasteiger partial charge in [-0.25, -0.2) is 9.79 Å². The zero-order valence-corrected chi connectivity index (χ0v) is 17.2. The molecule has 166 valence electrons. The van der Waals surface area contributed by atoms with E-state index in [4.69, 9.17) is 4.74 Å². The molecule has 0 radical (unpaired) electrons. The number of anilines is 1. The van der Waals surface area contributed by atoms with Crippen molar-refractivity contribution < 1.29 is 37.2 Å². The maximum absolute atomic E-state index is 14.1. The lowest BCUT2D eigenvalue weighted by molar-refractivity contribution is -0.385. The zero-order chi connectivity index (χ0) is 23.5. The van der Waals surface area contributed by atoms with Crippen LogP contribution in [0.4, 0.5) is 24.5 Å². The summed E-state index contributed by atoms with van der Waals surface area (Å²) in [7, 11) is 2.11.